The summed E-state index contributed by atoms with van der Waals surface area (Å²) in [5.41, 5.74) is 7.62. The number of hydrogen-bond donors (Lipinski definition) is 2. The molecule has 0 spiro atoms. The topological polar surface area (TPSA) is 68.2 Å². The average molecular weight is 231 g/mol. The molecule has 90 valence electrons. The molecule has 1 fully saturated rings. The van der Waals surface area contributed by atoms with Crippen molar-refractivity contribution < 1.29 is 0 Å². The van der Waals surface area contributed by atoms with Crippen molar-refractivity contribution in [1.82, 2.24) is 19.9 Å². The molecule has 0 aromatic carbocycles. The van der Waals surface area contributed by atoms with Crippen LogP contribution in [0.3, 0.4) is 0 Å². The first-order valence-corrected chi connectivity index (χ1v) is 6.13. The molecule has 5 nitrogen and oxygen atoms in total. The van der Waals surface area contributed by atoms with Crippen molar-refractivity contribution in [3.63, 3.8) is 0 Å². The summed E-state index contributed by atoms with van der Waals surface area (Å²) in [5.74, 6) is 1.54. The van der Waals surface area contributed by atoms with Gasteiger partial charge in [-0.15, -0.1) is 10.2 Å². The van der Waals surface area contributed by atoms with Gasteiger partial charge in [0.2, 0.25) is 0 Å². The number of nitrogens with zero attached hydrogens (tertiary/aromatic N) is 3. The molecule has 1 unspecified atom stereocenters. The Morgan fingerprint density at radius 2 is 2.41 bits per heavy atom. The summed E-state index contributed by atoms with van der Waals surface area (Å²) in [6.07, 6.45) is 4.42. The largest absolute Gasteiger partial charge is 0.326 e. The molecule has 2 aromatic heterocycles. The molecule has 2 aromatic rings. The lowest BCUT2D eigenvalue weighted by molar-refractivity contribution is 0.444. The van der Waals surface area contributed by atoms with Gasteiger partial charge in [0.1, 0.15) is 5.82 Å². The highest BCUT2D eigenvalue weighted by atomic mass is 15.2. The normalized spacial score (nSPS) is 20.9. The van der Waals surface area contributed by atoms with Gasteiger partial charge in [-0.1, -0.05) is 0 Å². The fourth-order valence-corrected chi connectivity index (χ4v) is 2.43. The van der Waals surface area contributed by atoms with Crippen LogP contribution in [0, 0.1) is 0 Å². The maximum Gasteiger partial charge on any atom is 0.161 e. The number of rotatable bonds is 2. The summed E-state index contributed by atoms with van der Waals surface area (Å²) in [6, 6.07) is 4.04. The van der Waals surface area contributed by atoms with Gasteiger partial charge in [0.25, 0.3) is 0 Å². The zero-order valence-electron chi connectivity index (χ0n) is 9.76. The average Bonchev–Trinajstić information content (AvgIpc) is 2.82. The van der Waals surface area contributed by atoms with E-state index in [1.54, 1.807) is 0 Å². The molecule has 1 aliphatic rings. The summed E-state index contributed by atoms with van der Waals surface area (Å²) in [7, 11) is 0. The fraction of sp³-hybridized carbons (Fsp3) is 0.500. The van der Waals surface area contributed by atoms with E-state index < -0.39 is 0 Å². The van der Waals surface area contributed by atoms with Crippen molar-refractivity contribution in [1.29, 1.82) is 0 Å². The van der Waals surface area contributed by atoms with Gasteiger partial charge in [0.15, 0.2) is 5.65 Å². The van der Waals surface area contributed by atoms with Crippen molar-refractivity contribution in [2.75, 3.05) is 13.1 Å². The Kier molecular flexibility index (Phi) is 2.78. The molecule has 1 aliphatic heterocycles. The maximum absolute atomic E-state index is 5.62. The smallest absolute Gasteiger partial charge is 0.161 e. The molecule has 5 heteroatoms. The minimum absolute atomic E-state index is 0.475. The first-order valence-electron chi connectivity index (χ1n) is 6.13. The molecule has 17 heavy (non-hydrogen) atoms. The molecule has 0 amide bonds. The van der Waals surface area contributed by atoms with Crippen molar-refractivity contribution in [2.24, 2.45) is 5.73 Å². The van der Waals surface area contributed by atoms with Crippen LogP contribution in [-0.4, -0.2) is 27.7 Å². The second-order valence-corrected chi connectivity index (χ2v) is 4.57. The van der Waals surface area contributed by atoms with E-state index in [4.69, 9.17) is 5.73 Å². The molecule has 1 atom stereocenters. The lowest BCUT2D eigenvalue weighted by Crippen LogP contribution is -2.29. The number of fused-ring (bicyclic) bond motifs is 1. The first kappa shape index (κ1) is 10.7. The van der Waals surface area contributed by atoms with Gasteiger partial charge >= 0.3 is 0 Å². The molecule has 0 saturated carbocycles. The number of nitrogens with two attached hydrogens (primary N) is 1. The van der Waals surface area contributed by atoms with E-state index in [-0.39, 0.29) is 0 Å². The van der Waals surface area contributed by atoms with Crippen molar-refractivity contribution in [3.05, 3.63) is 29.7 Å². The Morgan fingerprint density at radius 1 is 1.47 bits per heavy atom. The van der Waals surface area contributed by atoms with Crippen molar-refractivity contribution in [2.45, 2.75) is 25.3 Å². The Balaban J connectivity index is 1.99. The number of hydrogen-bond acceptors (Lipinski definition) is 4. The van der Waals surface area contributed by atoms with E-state index in [2.05, 4.69) is 19.9 Å². The van der Waals surface area contributed by atoms with E-state index in [1.165, 1.54) is 12.8 Å². The molecular formula is C12H17N5. The predicted molar refractivity (Wildman–Crippen MR) is 65.7 cm³/mol. The van der Waals surface area contributed by atoms with Crippen molar-refractivity contribution >= 4 is 5.65 Å². The number of piperidine rings is 1. The summed E-state index contributed by atoms with van der Waals surface area (Å²) >= 11 is 0. The highest BCUT2D eigenvalue weighted by Gasteiger charge is 2.20. The second kappa shape index (κ2) is 4.43. The van der Waals surface area contributed by atoms with E-state index in [0.29, 0.717) is 12.5 Å². The van der Waals surface area contributed by atoms with Crippen LogP contribution in [0.5, 0.6) is 0 Å². The zero-order chi connectivity index (χ0) is 11.7. The number of pyridine rings is 1. The maximum atomic E-state index is 5.62. The highest BCUT2D eigenvalue weighted by Crippen LogP contribution is 2.22. The summed E-state index contributed by atoms with van der Waals surface area (Å²) in [4.78, 5) is 0. The third kappa shape index (κ3) is 1.92. The summed E-state index contributed by atoms with van der Waals surface area (Å²) < 4.78 is 2.08. The standard InChI is InChI=1S/C12H17N5/c13-7-9-3-5-17-11(6-9)15-16-12(17)10-2-1-4-14-8-10/h3,5-6,10,14H,1-2,4,7-8,13H2. The molecule has 0 radical (unpaired) electrons. The van der Waals surface area contributed by atoms with E-state index >= 15 is 0 Å². The van der Waals surface area contributed by atoms with Gasteiger partial charge in [0.05, 0.1) is 0 Å². The Hall–Kier alpha value is -1.46. The molecule has 3 N–H and O–H groups in total. The number of aromatic nitrogens is 3. The van der Waals surface area contributed by atoms with Crippen LogP contribution in [-0.2, 0) is 6.54 Å². The Bertz CT molecular complexity index is 513. The van der Waals surface area contributed by atoms with Crippen LogP contribution >= 0.6 is 0 Å². The SMILES string of the molecule is NCc1ccn2c(C3CCCNC3)nnc2c1. The summed E-state index contributed by atoms with van der Waals surface area (Å²) in [5, 5.41) is 12.0. The van der Waals surface area contributed by atoms with Gasteiger partial charge < -0.3 is 11.1 Å². The number of nitrogens with one attached hydrogen (secondary N) is 1. The van der Waals surface area contributed by atoms with Gasteiger partial charge in [-0.25, -0.2) is 0 Å². The fourth-order valence-electron chi connectivity index (χ4n) is 2.43. The molecule has 0 aliphatic carbocycles. The van der Waals surface area contributed by atoms with Gasteiger partial charge in [-0.2, -0.15) is 0 Å². The Labute approximate surface area is 100 Å². The monoisotopic (exact) mass is 231 g/mol. The van der Waals surface area contributed by atoms with E-state index in [0.717, 1.165) is 30.1 Å². The van der Waals surface area contributed by atoms with Crippen LogP contribution < -0.4 is 11.1 Å². The van der Waals surface area contributed by atoms with Crippen molar-refractivity contribution in [3.8, 4) is 0 Å². The van der Waals surface area contributed by atoms with E-state index in [9.17, 15) is 0 Å². The minimum atomic E-state index is 0.475. The molecular weight excluding hydrogens is 214 g/mol. The molecule has 3 rings (SSSR count). The van der Waals surface area contributed by atoms with Crippen LogP contribution in [0.1, 0.15) is 30.1 Å². The Morgan fingerprint density at radius 3 is 3.18 bits per heavy atom. The first-order chi connectivity index (χ1) is 8.38. The van der Waals surface area contributed by atoms with Crippen LogP contribution in [0.15, 0.2) is 18.3 Å². The van der Waals surface area contributed by atoms with E-state index in [1.807, 2.05) is 18.3 Å². The lowest BCUT2D eigenvalue weighted by atomic mass is 9.99. The van der Waals surface area contributed by atoms with Crippen LogP contribution in [0.4, 0.5) is 0 Å². The van der Waals surface area contributed by atoms with Crippen LogP contribution in [0.2, 0.25) is 0 Å². The third-order valence-corrected chi connectivity index (χ3v) is 3.40. The zero-order valence-corrected chi connectivity index (χ0v) is 9.76. The highest BCUT2D eigenvalue weighted by molar-refractivity contribution is 5.41. The van der Waals surface area contributed by atoms with Gasteiger partial charge in [-0.3, -0.25) is 4.40 Å². The van der Waals surface area contributed by atoms with Gasteiger partial charge in [-0.05, 0) is 37.1 Å². The minimum Gasteiger partial charge on any atom is -0.326 e. The molecule has 0 bridgehead atoms. The predicted octanol–water partition coefficient (Wildman–Crippen LogP) is 0.655. The molecule has 3 heterocycles. The van der Waals surface area contributed by atoms with Gasteiger partial charge in [0, 0.05) is 25.2 Å². The van der Waals surface area contributed by atoms with Crippen LogP contribution in [0.25, 0.3) is 5.65 Å². The summed E-state index contributed by atoms with van der Waals surface area (Å²) in [6.45, 7) is 2.66. The second-order valence-electron chi connectivity index (χ2n) is 4.57. The molecule has 1 saturated heterocycles. The quantitative estimate of drug-likeness (QED) is 0.796. The lowest BCUT2D eigenvalue weighted by Gasteiger charge is -2.21. The third-order valence-electron chi connectivity index (χ3n) is 3.40.